The van der Waals surface area contributed by atoms with Crippen LogP contribution in [-0.2, 0) is 30.4 Å². The first-order valence-corrected chi connectivity index (χ1v) is 13.3. The van der Waals surface area contributed by atoms with Gasteiger partial charge in [0.15, 0.2) is 0 Å². The smallest absolute Gasteiger partial charge is 0.326 e. The Labute approximate surface area is 223 Å². The number of para-hydroxylation sites is 1. The fourth-order valence-corrected chi connectivity index (χ4v) is 4.14. The summed E-state index contributed by atoms with van der Waals surface area (Å²) in [5, 5.41) is 27.4. The van der Waals surface area contributed by atoms with Crippen LogP contribution in [0.25, 0.3) is 10.9 Å². The molecule has 1 aromatic heterocycles. The molecule has 4 unspecified atom stereocenters. The molecule has 0 fully saturated rings. The number of thioether (sulfide) groups is 1. The number of primary amides is 1. The van der Waals surface area contributed by atoms with Crippen LogP contribution in [0, 0.1) is 0 Å². The zero-order chi connectivity index (χ0) is 28.2. The minimum Gasteiger partial charge on any atom is -0.480 e. The highest BCUT2D eigenvalue weighted by atomic mass is 32.2. The highest BCUT2D eigenvalue weighted by Crippen LogP contribution is 2.19. The van der Waals surface area contributed by atoms with E-state index in [0.717, 1.165) is 10.9 Å². The van der Waals surface area contributed by atoms with E-state index in [1.165, 1.54) is 11.8 Å². The van der Waals surface area contributed by atoms with Crippen LogP contribution in [0.2, 0.25) is 0 Å². The number of aromatic amines is 1. The van der Waals surface area contributed by atoms with E-state index in [0.29, 0.717) is 11.3 Å². The van der Waals surface area contributed by atoms with Crippen LogP contribution in [0.1, 0.15) is 24.8 Å². The Morgan fingerprint density at radius 1 is 0.974 bits per heavy atom. The maximum atomic E-state index is 13.2. The standard InChI is InChI=1S/C24H34N6O7S/c1-38-9-8-17(24(36)37)28-22(34)18(10-13-11-27-16-5-3-2-4-14(13)16)29-23(35)19(12-31)30-21(33)15(25)6-7-20(26)32/h2-5,11,15,17-19,27,31H,6-10,12,25H2,1H3,(H2,26,32)(H,28,34)(H,29,35)(H,30,33)(H,36,37). The molecule has 0 aliphatic rings. The second kappa shape index (κ2) is 15.0. The normalized spacial score (nSPS) is 14.2. The summed E-state index contributed by atoms with van der Waals surface area (Å²) in [6.45, 7) is -0.799. The van der Waals surface area contributed by atoms with Gasteiger partial charge in [-0.2, -0.15) is 11.8 Å². The third-order valence-corrected chi connectivity index (χ3v) is 6.46. The third-order valence-electron chi connectivity index (χ3n) is 5.81. The quantitative estimate of drug-likeness (QED) is 0.122. The number of amides is 4. The Hall–Kier alpha value is -3.62. The van der Waals surface area contributed by atoms with Gasteiger partial charge in [-0.1, -0.05) is 18.2 Å². The number of carboxylic acid groups (broad SMARTS) is 1. The summed E-state index contributed by atoms with van der Waals surface area (Å²) < 4.78 is 0. The molecule has 2 aromatic rings. The fraction of sp³-hybridized carbons (Fsp3) is 0.458. The maximum absolute atomic E-state index is 13.2. The first-order chi connectivity index (χ1) is 18.1. The zero-order valence-corrected chi connectivity index (χ0v) is 21.8. The number of aliphatic hydroxyl groups excluding tert-OH is 1. The second-order valence-corrected chi connectivity index (χ2v) is 9.65. The van der Waals surface area contributed by atoms with Crippen molar-refractivity contribution in [3.05, 3.63) is 36.0 Å². The van der Waals surface area contributed by atoms with Crippen LogP contribution in [0.15, 0.2) is 30.5 Å². The first kappa shape index (κ1) is 30.6. The van der Waals surface area contributed by atoms with Crippen molar-refractivity contribution < 1.29 is 34.2 Å². The predicted octanol–water partition coefficient (Wildman–Crippen LogP) is -1.41. The van der Waals surface area contributed by atoms with Gasteiger partial charge in [0.05, 0.1) is 12.6 Å². The van der Waals surface area contributed by atoms with Crippen LogP contribution in [-0.4, -0.2) is 87.6 Å². The number of aliphatic carboxylic acids is 1. The molecule has 0 saturated heterocycles. The van der Waals surface area contributed by atoms with E-state index in [2.05, 4.69) is 20.9 Å². The summed E-state index contributed by atoms with van der Waals surface area (Å²) in [7, 11) is 0. The summed E-state index contributed by atoms with van der Waals surface area (Å²) in [4.78, 5) is 64.2. The van der Waals surface area contributed by atoms with Gasteiger partial charge in [0, 0.05) is 29.9 Å². The maximum Gasteiger partial charge on any atom is 0.326 e. The molecule has 0 aliphatic heterocycles. The van der Waals surface area contributed by atoms with Crippen LogP contribution in [0.4, 0.5) is 0 Å². The molecular weight excluding hydrogens is 516 g/mol. The molecule has 0 radical (unpaired) electrons. The van der Waals surface area contributed by atoms with Gasteiger partial charge in [-0.3, -0.25) is 19.2 Å². The molecule has 0 bridgehead atoms. The number of nitrogens with two attached hydrogens (primary N) is 2. The van der Waals surface area contributed by atoms with Crippen molar-refractivity contribution in [1.29, 1.82) is 0 Å². The fourth-order valence-electron chi connectivity index (χ4n) is 3.67. The van der Waals surface area contributed by atoms with E-state index in [1.54, 1.807) is 6.20 Å². The minimum absolute atomic E-state index is 0.000669. The van der Waals surface area contributed by atoms with Gasteiger partial charge in [0.25, 0.3) is 0 Å². The molecule has 208 valence electrons. The van der Waals surface area contributed by atoms with Gasteiger partial charge in [-0.25, -0.2) is 4.79 Å². The Bertz CT molecular complexity index is 1140. The molecule has 0 aliphatic carbocycles. The number of aromatic nitrogens is 1. The van der Waals surface area contributed by atoms with E-state index in [4.69, 9.17) is 11.5 Å². The summed E-state index contributed by atoms with van der Waals surface area (Å²) >= 11 is 1.43. The largest absolute Gasteiger partial charge is 0.480 e. The first-order valence-electron chi connectivity index (χ1n) is 11.9. The van der Waals surface area contributed by atoms with Crippen LogP contribution >= 0.6 is 11.8 Å². The number of H-pyrrole nitrogens is 1. The van der Waals surface area contributed by atoms with E-state index < -0.39 is 60.4 Å². The summed E-state index contributed by atoms with van der Waals surface area (Å²) in [5.41, 5.74) is 12.3. The van der Waals surface area contributed by atoms with Gasteiger partial charge >= 0.3 is 5.97 Å². The number of carbonyl (C=O) groups is 5. The Morgan fingerprint density at radius 3 is 2.24 bits per heavy atom. The number of carbonyl (C=O) groups excluding carboxylic acids is 4. The van der Waals surface area contributed by atoms with Crippen molar-refractivity contribution in [2.45, 2.75) is 49.9 Å². The summed E-state index contributed by atoms with van der Waals surface area (Å²) in [6, 6.07) is 2.32. The molecule has 4 atom stereocenters. The van der Waals surface area contributed by atoms with Gasteiger partial charge in [-0.15, -0.1) is 0 Å². The summed E-state index contributed by atoms with van der Waals surface area (Å²) in [5.74, 6) is -3.77. The molecule has 0 spiro atoms. The number of benzene rings is 1. The van der Waals surface area contributed by atoms with Crippen molar-refractivity contribution in [2.75, 3.05) is 18.6 Å². The third kappa shape index (κ3) is 9.04. The van der Waals surface area contributed by atoms with Crippen molar-refractivity contribution >= 4 is 52.3 Å². The van der Waals surface area contributed by atoms with Crippen molar-refractivity contribution in [3.63, 3.8) is 0 Å². The molecule has 1 aromatic carbocycles. The molecule has 2 rings (SSSR count). The predicted molar refractivity (Wildman–Crippen MR) is 142 cm³/mol. The average Bonchev–Trinajstić information content (AvgIpc) is 3.29. The van der Waals surface area contributed by atoms with Gasteiger partial charge < -0.3 is 42.6 Å². The Kier molecular flexibility index (Phi) is 12.0. The molecule has 14 heteroatoms. The molecule has 4 amide bonds. The van der Waals surface area contributed by atoms with E-state index >= 15 is 0 Å². The molecule has 13 nitrogen and oxygen atoms in total. The monoisotopic (exact) mass is 550 g/mol. The Morgan fingerprint density at radius 2 is 1.61 bits per heavy atom. The molecule has 0 saturated carbocycles. The molecular formula is C24H34N6O7S. The zero-order valence-electron chi connectivity index (χ0n) is 20.9. The number of fused-ring (bicyclic) bond motifs is 1. The number of hydrogen-bond donors (Lipinski definition) is 8. The van der Waals surface area contributed by atoms with Crippen LogP contribution < -0.4 is 27.4 Å². The molecule has 1 heterocycles. The number of rotatable bonds is 16. The lowest BCUT2D eigenvalue weighted by molar-refractivity contribution is -0.142. The topological polar surface area (TPSA) is 230 Å². The highest BCUT2D eigenvalue weighted by molar-refractivity contribution is 7.98. The SMILES string of the molecule is CSCCC(NC(=O)C(Cc1c[nH]c2ccccc12)NC(=O)C(CO)NC(=O)C(N)CCC(N)=O)C(=O)O. The minimum atomic E-state index is -1.45. The van der Waals surface area contributed by atoms with Crippen molar-refractivity contribution in [3.8, 4) is 0 Å². The van der Waals surface area contributed by atoms with Crippen molar-refractivity contribution in [1.82, 2.24) is 20.9 Å². The van der Waals surface area contributed by atoms with E-state index in [1.807, 2.05) is 30.5 Å². The second-order valence-electron chi connectivity index (χ2n) is 8.66. The Balaban J connectivity index is 2.22. The van der Waals surface area contributed by atoms with Gasteiger partial charge in [-0.05, 0) is 36.5 Å². The lowest BCUT2D eigenvalue weighted by atomic mass is 10.0. The lowest BCUT2D eigenvalue weighted by Gasteiger charge is -2.24. The van der Waals surface area contributed by atoms with E-state index in [-0.39, 0.29) is 25.7 Å². The number of aliphatic hydroxyl groups is 1. The lowest BCUT2D eigenvalue weighted by Crippen LogP contribution is -2.58. The van der Waals surface area contributed by atoms with Crippen molar-refractivity contribution in [2.24, 2.45) is 11.5 Å². The number of nitrogens with one attached hydrogen (secondary N) is 4. The summed E-state index contributed by atoms with van der Waals surface area (Å²) in [6.07, 6.45) is 3.47. The van der Waals surface area contributed by atoms with E-state index in [9.17, 15) is 34.2 Å². The number of hydrogen-bond acceptors (Lipinski definition) is 8. The number of carboxylic acids is 1. The average molecular weight is 551 g/mol. The van der Waals surface area contributed by atoms with Crippen LogP contribution in [0.5, 0.6) is 0 Å². The van der Waals surface area contributed by atoms with Crippen LogP contribution in [0.3, 0.4) is 0 Å². The molecule has 38 heavy (non-hydrogen) atoms. The van der Waals surface area contributed by atoms with Gasteiger partial charge in [0.2, 0.25) is 23.6 Å². The molecule has 10 N–H and O–H groups in total. The van der Waals surface area contributed by atoms with Gasteiger partial charge in [0.1, 0.15) is 18.1 Å². The highest BCUT2D eigenvalue weighted by Gasteiger charge is 2.30.